The number of amides is 1. The summed E-state index contributed by atoms with van der Waals surface area (Å²) in [4.78, 5) is 27.2. The van der Waals surface area contributed by atoms with Gasteiger partial charge >= 0.3 is 5.82 Å². The lowest BCUT2D eigenvalue weighted by Crippen LogP contribution is -2.47. The van der Waals surface area contributed by atoms with Crippen molar-refractivity contribution in [2.75, 3.05) is 26.3 Å². The summed E-state index contributed by atoms with van der Waals surface area (Å²) in [5, 5.41) is 19.5. The Bertz CT molecular complexity index is 489. The van der Waals surface area contributed by atoms with E-state index in [2.05, 4.69) is 4.98 Å². The first-order chi connectivity index (χ1) is 9.60. The van der Waals surface area contributed by atoms with Crippen LogP contribution in [0.15, 0.2) is 12.5 Å². The molecule has 9 heteroatoms. The Morgan fingerprint density at radius 3 is 3.10 bits per heavy atom. The maximum atomic E-state index is 12.0. The third-order valence-electron chi connectivity index (χ3n) is 3.09. The number of aryl methyl sites for hydroxylation is 1. The van der Waals surface area contributed by atoms with Gasteiger partial charge in [-0.05, 0) is 9.91 Å². The van der Waals surface area contributed by atoms with Gasteiger partial charge in [0, 0.05) is 26.1 Å². The highest BCUT2D eigenvalue weighted by Crippen LogP contribution is 2.09. The third-order valence-corrected chi connectivity index (χ3v) is 3.09. The molecule has 1 aromatic heterocycles. The van der Waals surface area contributed by atoms with Crippen LogP contribution >= 0.6 is 0 Å². The fraction of sp³-hybridized carbons (Fsp3) is 0.636. The quantitative estimate of drug-likeness (QED) is 0.571. The van der Waals surface area contributed by atoms with E-state index in [0.29, 0.717) is 26.2 Å². The first kappa shape index (κ1) is 14.4. The Kier molecular flexibility index (Phi) is 4.64. The van der Waals surface area contributed by atoms with Gasteiger partial charge in [-0.15, -0.1) is 0 Å². The van der Waals surface area contributed by atoms with Crippen molar-refractivity contribution >= 4 is 11.7 Å². The number of hydrogen-bond acceptors (Lipinski definition) is 6. The zero-order chi connectivity index (χ0) is 14.5. The molecule has 20 heavy (non-hydrogen) atoms. The molecule has 9 nitrogen and oxygen atoms in total. The van der Waals surface area contributed by atoms with Gasteiger partial charge in [-0.2, -0.15) is 0 Å². The molecule has 1 atom stereocenters. The molecule has 1 N–H and O–H groups in total. The van der Waals surface area contributed by atoms with Crippen molar-refractivity contribution < 1.29 is 19.6 Å². The van der Waals surface area contributed by atoms with Gasteiger partial charge in [0.15, 0.2) is 0 Å². The molecular weight excluding hydrogens is 268 g/mol. The zero-order valence-electron chi connectivity index (χ0n) is 10.8. The van der Waals surface area contributed by atoms with Crippen LogP contribution in [0.25, 0.3) is 0 Å². The van der Waals surface area contributed by atoms with Crippen molar-refractivity contribution in [3.05, 3.63) is 22.6 Å². The summed E-state index contributed by atoms with van der Waals surface area (Å²) in [5.41, 5.74) is 0. The largest absolute Gasteiger partial charge is 0.394 e. The fourth-order valence-corrected chi connectivity index (χ4v) is 2.00. The van der Waals surface area contributed by atoms with Crippen molar-refractivity contribution in [3.8, 4) is 0 Å². The van der Waals surface area contributed by atoms with E-state index in [-0.39, 0.29) is 30.9 Å². The number of imidazole rings is 1. The Labute approximate surface area is 114 Å². The minimum atomic E-state index is -0.577. The van der Waals surface area contributed by atoms with Crippen molar-refractivity contribution in [3.63, 3.8) is 0 Å². The topological polar surface area (TPSA) is 111 Å². The van der Waals surface area contributed by atoms with Crippen LogP contribution in [0.3, 0.4) is 0 Å². The number of nitro groups is 1. The van der Waals surface area contributed by atoms with Gasteiger partial charge < -0.3 is 29.4 Å². The molecule has 0 aliphatic carbocycles. The molecule has 1 saturated heterocycles. The molecule has 2 rings (SSSR count). The molecule has 0 spiro atoms. The van der Waals surface area contributed by atoms with E-state index < -0.39 is 4.92 Å². The predicted octanol–water partition coefficient (Wildman–Crippen LogP) is -0.599. The van der Waals surface area contributed by atoms with Gasteiger partial charge in [0.2, 0.25) is 12.2 Å². The van der Waals surface area contributed by atoms with Gasteiger partial charge in [-0.3, -0.25) is 4.79 Å². The number of ether oxygens (including phenoxy) is 1. The second kappa shape index (κ2) is 6.44. The summed E-state index contributed by atoms with van der Waals surface area (Å²) in [7, 11) is 0. The van der Waals surface area contributed by atoms with E-state index in [1.807, 2.05) is 0 Å². The average molecular weight is 284 g/mol. The van der Waals surface area contributed by atoms with Gasteiger partial charge in [-0.1, -0.05) is 0 Å². The summed E-state index contributed by atoms with van der Waals surface area (Å²) in [6.45, 7) is 1.50. The minimum Gasteiger partial charge on any atom is -0.394 e. The fourth-order valence-electron chi connectivity index (χ4n) is 2.00. The molecule has 1 aliphatic rings. The number of hydrogen-bond donors (Lipinski definition) is 1. The number of morpholine rings is 1. The highest BCUT2D eigenvalue weighted by molar-refractivity contribution is 5.76. The van der Waals surface area contributed by atoms with E-state index in [1.165, 1.54) is 17.1 Å². The number of nitrogens with zero attached hydrogens (tertiary/aromatic N) is 4. The third kappa shape index (κ3) is 3.52. The molecule has 0 radical (unpaired) electrons. The van der Waals surface area contributed by atoms with Crippen molar-refractivity contribution in [2.24, 2.45) is 0 Å². The Morgan fingerprint density at radius 2 is 2.45 bits per heavy atom. The summed E-state index contributed by atoms with van der Waals surface area (Å²) in [5.74, 6) is -0.299. The van der Waals surface area contributed by atoms with E-state index in [0.717, 1.165) is 0 Å². The molecule has 0 aromatic carbocycles. The van der Waals surface area contributed by atoms with Gasteiger partial charge in [0.25, 0.3) is 0 Å². The highest BCUT2D eigenvalue weighted by Gasteiger charge is 2.23. The van der Waals surface area contributed by atoms with Crippen LogP contribution < -0.4 is 0 Å². The number of carbonyl (C=O) groups excluding carboxylic acids is 1. The van der Waals surface area contributed by atoms with Crippen LogP contribution in [-0.4, -0.2) is 62.8 Å². The standard InChI is InChI=1S/C11H16N4O5/c16-7-9-5-14(3-4-20-9)11(17)1-2-13-6-10(12-8-13)15(18)19/h6,8-9,16H,1-5,7H2. The van der Waals surface area contributed by atoms with E-state index in [1.54, 1.807) is 4.90 Å². The molecule has 1 unspecified atom stereocenters. The van der Waals surface area contributed by atoms with Crippen LogP contribution in [0.1, 0.15) is 6.42 Å². The van der Waals surface area contributed by atoms with Crippen molar-refractivity contribution in [1.29, 1.82) is 0 Å². The summed E-state index contributed by atoms with van der Waals surface area (Å²) in [6.07, 6.45) is 2.53. The highest BCUT2D eigenvalue weighted by atomic mass is 16.6. The van der Waals surface area contributed by atoms with Crippen LogP contribution in [-0.2, 0) is 16.1 Å². The normalized spacial score (nSPS) is 19.1. The molecule has 110 valence electrons. The van der Waals surface area contributed by atoms with Crippen LogP contribution in [0, 0.1) is 10.1 Å². The molecular formula is C11H16N4O5. The second-order valence-corrected chi connectivity index (χ2v) is 4.49. The summed E-state index contributed by atoms with van der Waals surface area (Å²) < 4.78 is 6.78. The second-order valence-electron chi connectivity index (χ2n) is 4.49. The van der Waals surface area contributed by atoms with Crippen LogP contribution in [0.4, 0.5) is 5.82 Å². The van der Waals surface area contributed by atoms with Crippen molar-refractivity contribution in [1.82, 2.24) is 14.5 Å². The first-order valence-electron chi connectivity index (χ1n) is 6.26. The van der Waals surface area contributed by atoms with E-state index in [9.17, 15) is 14.9 Å². The number of aliphatic hydroxyl groups excluding tert-OH is 1. The molecule has 2 heterocycles. The maximum Gasteiger partial charge on any atom is 0.381 e. The number of aliphatic hydroxyl groups is 1. The van der Waals surface area contributed by atoms with Gasteiger partial charge in [0.05, 0.1) is 19.3 Å². The Balaban J connectivity index is 1.83. The number of aromatic nitrogens is 2. The lowest BCUT2D eigenvalue weighted by Gasteiger charge is -2.32. The van der Waals surface area contributed by atoms with Crippen molar-refractivity contribution in [2.45, 2.75) is 19.1 Å². The lowest BCUT2D eigenvalue weighted by molar-refractivity contribution is -0.389. The minimum absolute atomic E-state index is 0.0666. The molecule has 1 amide bonds. The van der Waals surface area contributed by atoms with Crippen LogP contribution in [0.5, 0.6) is 0 Å². The maximum absolute atomic E-state index is 12.0. The predicted molar refractivity (Wildman–Crippen MR) is 66.9 cm³/mol. The molecule has 1 fully saturated rings. The Morgan fingerprint density at radius 1 is 1.65 bits per heavy atom. The molecule has 1 aliphatic heterocycles. The van der Waals surface area contributed by atoms with Gasteiger partial charge in [-0.25, -0.2) is 0 Å². The zero-order valence-corrected chi connectivity index (χ0v) is 10.8. The van der Waals surface area contributed by atoms with E-state index in [4.69, 9.17) is 9.84 Å². The first-order valence-corrected chi connectivity index (χ1v) is 6.26. The molecule has 1 aromatic rings. The number of rotatable bonds is 5. The van der Waals surface area contributed by atoms with Gasteiger partial charge in [0.1, 0.15) is 6.20 Å². The number of carbonyl (C=O) groups is 1. The average Bonchev–Trinajstić information content (AvgIpc) is 2.94. The monoisotopic (exact) mass is 284 g/mol. The molecule has 0 bridgehead atoms. The lowest BCUT2D eigenvalue weighted by atomic mass is 10.2. The SMILES string of the molecule is O=C(CCn1cnc([N+](=O)[O-])c1)N1CCOC(CO)C1. The Hall–Kier alpha value is -2.00. The van der Waals surface area contributed by atoms with E-state index >= 15 is 0 Å². The van der Waals surface area contributed by atoms with Crippen LogP contribution in [0.2, 0.25) is 0 Å². The summed E-state index contributed by atoms with van der Waals surface area (Å²) in [6, 6.07) is 0. The molecule has 0 saturated carbocycles. The summed E-state index contributed by atoms with van der Waals surface area (Å²) >= 11 is 0. The smallest absolute Gasteiger partial charge is 0.381 e.